The molecule has 1 aliphatic carbocycles. The van der Waals surface area contributed by atoms with E-state index in [-0.39, 0.29) is 0 Å². The minimum absolute atomic E-state index is 0.450. The molecule has 1 unspecified atom stereocenters. The van der Waals surface area contributed by atoms with Crippen molar-refractivity contribution in [3.05, 3.63) is 10.6 Å². The van der Waals surface area contributed by atoms with Gasteiger partial charge >= 0.3 is 0 Å². The van der Waals surface area contributed by atoms with Gasteiger partial charge in [-0.05, 0) is 32.7 Å². The summed E-state index contributed by atoms with van der Waals surface area (Å²) in [5.41, 5.74) is 1.28. The second-order valence-corrected chi connectivity index (χ2v) is 5.87. The number of fused-ring (bicyclic) bond motifs is 1. The van der Waals surface area contributed by atoms with Crippen molar-refractivity contribution < 1.29 is 4.74 Å². The van der Waals surface area contributed by atoms with Gasteiger partial charge in [0.1, 0.15) is 0 Å². The van der Waals surface area contributed by atoms with E-state index < -0.39 is 0 Å². The predicted octanol–water partition coefficient (Wildman–Crippen LogP) is 2.21. The summed E-state index contributed by atoms with van der Waals surface area (Å²) >= 11 is 1.85. The lowest BCUT2D eigenvalue weighted by Crippen LogP contribution is -2.22. The zero-order valence-corrected chi connectivity index (χ0v) is 12.3. The van der Waals surface area contributed by atoms with Crippen LogP contribution in [0, 0.1) is 0 Å². The molecule has 18 heavy (non-hydrogen) atoms. The molecule has 0 fully saturated rings. The first-order valence-corrected chi connectivity index (χ1v) is 7.45. The van der Waals surface area contributed by atoms with Crippen LogP contribution in [-0.4, -0.2) is 39.3 Å². The van der Waals surface area contributed by atoms with Crippen molar-refractivity contribution in [1.82, 2.24) is 10.3 Å². The maximum atomic E-state index is 5.09. The zero-order chi connectivity index (χ0) is 13.0. The molecule has 1 N–H and O–H groups in total. The Morgan fingerprint density at radius 2 is 2.39 bits per heavy atom. The first-order valence-electron chi connectivity index (χ1n) is 6.63. The Morgan fingerprint density at radius 1 is 1.56 bits per heavy atom. The number of hydrogen-bond donors (Lipinski definition) is 1. The van der Waals surface area contributed by atoms with Gasteiger partial charge in [-0.3, -0.25) is 0 Å². The number of hydrogen-bond acceptors (Lipinski definition) is 5. The fourth-order valence-electron chi connectivity index (χ4n) is 2.39. The van der Waals surface area contributed by atoms with Gasteiger partial charge in [0.15, 0.2) is 5.13 Å². The van der Waals surface area contributed by atoms with Crippen molar-refractivity contribution in [3.63, 3.8) is 0 Å². The van der Waals surface area contributed by atoms with E-state index in [1.165, 1.54) is 29.8 Å². The Kier molecular flexibility index (Phi) is 4.97. The molecule has 2 rings (SSSR count). The predicted molar refractivity (Wildman–Crippen MR) is 76.6 cm³/mol. The van der Waals surface area contributed by atoms with Crippen molar-refractivity contribution in [2.45, 2.75) is 31.7 Å². The van der Waals surface area contributed by atoms with Gasteiger partial charge in [-0.25, -0.2) is 4.98 Å². The van der Waals surface area contributed by atoms with Gasteiger partial charge in [-0.2, -0.15) is 0 Å². The van der Waals surface area contributed by atoms with E-state index in [2.05, 4.69) is 17.3 Å². The van der Waals surface area contributed by atoms with Crippen LogP contribution < -0.4 is 10.2 Å². The number of nitrogens with zero attached hydrogens (tertiary/aromatic N) is 2. The number of rotatable bonds is 6. The molecular formula is C13H23N3OS. The summed E-state index contributed by atoms with van der Waals surface area (Å²) in [6.45, 7) is 1.82. The third-order valence-corrected chi connectivity index (χ3v) is 4.71. The highest BCUT2D eigenvalue weighted by molar-refractivity contribution is 7.15. The molecule has 0 radical (unpaired) electrons. The van der Waals surface area contributed by atoms with E-state index in [0.717, 1.165) is 24.7 Å². The number of aromatic nitrogens is 1. The highest BCUT2D eigenvalue weighted by atomic mass is 32.1. The maximum Gasteiger partial charge on any atom is 0.185 e. The Hall–Kier alpha value is -0.650. The van der Waals surface area contributed by atoms with E-state index in [9.17, 15) is 0 Å². The Labute approximate surface area is 113 Å². The number of anilines is 1. The molecule has 0 aromatic carbocycles. The number of nitrogens with one attached hydrogen (secondary N) is 1. The van der Waals surface area contributed by atoms with Gasteiger partial charge in [-0.15, -0.1) is 11.3 Å². The van der Waals surface area contributed by atoms with E-state index in [0.29, 0.717) is 6.04 Å². The van der Waals surface area contributed by atoms with Gasteiger partial charge < -0.3 is 15.0 Å². The second kappa shape index (κ2) is 6.50. The molecule has 0 saturated heterocycles. The first kappa shape index (κ1) is 13.8. The van der Waals surface area contributed by atoms with Crippen LogP contribution in [0.15, 0.2) is 0 Å². The molecule has 4 nitrogen and oxygen atoms in total. The van der Waals surface area contributed by atoms with Crippen molar-refractivity contribution in [2.75, 3.05) is 39.3 Å². The van der Waals surface area contributed by atoms with Crippen LogP contribution in [0.3, 0.4) is 0 Å². The number of aryl methyl sites for hydroxylation is 1. The normalized spacial score (nSPS) is 18.7. The Morgan fingerprint density at radius 3 is 3.11 bits per heavy atom. The maximum absolute atomic E-state index is 5.09. The molecule has 1 aromatic heterocycles. The Balaban J connectivity index is 2.04. The standard InChI is InChI=1S/C13H23N3OS/c1-14-10-6-4-7-11-12(10)15-13(18-11)16(2)8-5-9-17-3/h10,14H,4-9H2,1-3H3. The largest absolute Gasteiger partial charge is 0.385 e. The van der Waals surface area contributed by atoms with Gasteiger partial charge in [0, 0.05) is 32.2 Å². The lowest BCUT2D eigenvalue weighted by molar-refractivity contribution is 0.196. The number of methoxy groups -OCH3 is 1. The Bertz CT molecular complexity index is 380. The van der Waals surface area contributed by atoms with Gasteiger partial charge in [0.05, 0.1) is 11.7 Å². The minimum atomic E-state index is 0.450. The van der Waals surface area contributed by atoms with Crippen molar-refractivity contribution in [2.24, 2.45) is 0 Å². The van der Waals surface area contributed by atoms with Crippen LogP contribution in [0.2, 0.25) is 0 Å². The molecule has 0 aliphatic heterocycles. The van der Waals surface area contributed by atoms with Crippen LogP contribution in [-0.2, 0) is 11.2 Å². The molecule has 1 aromatic rings. The summed E-state index contributed by atoms with van der Waals surface area (Å²) < 4.78 is 5.09. The smallest absolute Gasteiger partial charge is 0.185 e. The van der Waals surface area contributed by atoms with Crippen LogP contribution in [0.5, 0.6) is 0 Å². The summed E-state index contributed by atoms with van der Waals surface area (Å²) in [6, 6.07) is 0.450. The molecule has 5 heteroatoms. The first-order chi connectivity index (χ1) is 8.76. The van der Waals surface area contributed by atoms with E-state index in [1.54, 1.807) is 7.11 Å². The van der Waals surface area contributed by atoms with Crippen LogP contribution in [0.25, 0.3) is 0 Å². The lowest BCUT2D eigenvalue weighted by Gasteiger charge is -2.19. The van der Waals surface area contributed by atoms with Crippen molar-refractivity contribution in [1.29, 1.82) is 0 Å². The molecular weight excluding hydrogens is 246 g/mol. The lowest BCUT2D eigenvalue weighted by atomic mass is 9.98. The summed E-state index contributed by atoms with van der Waals surface area (Å²) in [5, 5.41) is 4.52. The molecule has 1 atom stereocenters. The molecule has 0 saturated carbocycles. The topological polar surface area (TPSA) is 37.4 Å². The molecule has 102 valence electrons. The quantitative estimate of drug-likeness (QED) is 0.804. The fraction of sp³-hybridized carbons (Fsp3) is 0.769. The monoisotopic (exact) mass is 269 g/mol. The zero-order valence-electron chi connectivity index (χ0n) is 11.5. The molecule has 0 bridgehead atoms. The SMILES string of the molecule is CNC1CCCc2sc(N(C)CCCOC)nc21. The summed E-state index contributed by atoms with van der Waals surface area (Å²) in [6.07, 6.45) is 4.72. The number of thiazole rings is 1. The molecule has 1 aliphatic rings. The highest BCUT2D eigenvalue weighted by Gasteiger charge is 2.24. The molecule has 0 spiro atoms. The average Bonchev–Trinajstić information content (AvgIpc) is 2.82. The van der Waals surface area contributed by atoms with Crippen LogP contribution >= 0.6 is 11.3 Å². The fourth-order valence-corrected chi connectivity index (χ4v) is 3.54. The third-order valence-electron chi connectivity index (χ3n) is 3.46. The molecule has 0 amide bonds. The van der Waals surface area contributed by atoms with Gasteiger partial charge in [-0.1, -0.05) is 0 Å². The van der Waals surface area contributed by atoms with Crippen LogP contribution in [0.4, 0.5) is 5.13 Å². The van der Waals surface area contributed by atoms with Gasteiger partial charge in [0.25, 0.3) is 0 Å². The van der Waals surface area contributed by atoms with E-state index in [1.807, 2.05) is 18.4 Å². The average molecular weight is 269 g/mol. The summed E-state index contributed by atoms with van der Waals surface area (Å²) in [7, 11) is 5.90. The third kappa shape index (κ3) is 3.02. The number of ether oxygens (including phenoxy) is 1. The molecule has 1 heterocycles. The van der Waals surface area contributed by atoms with Crippen molar-refractivity contribution in [3.8, 4) is 0 Å². The van der Waals surface area contributed by atoms with Gasteiger partial charge in [0.2, 0.25) is 0 Å². The van der Waals surface area contributed by atoms with E-state index in [4.69, 9.17) is 9.72 Å². The highest BCUT2D eigenvalue weighted by Crippen LogP contribution is 2.36. The minimum Gasteiger partial charge on any atom is -0.385 e. The summed E-state index contributed by atoms with van der Waals surface area (Å²) in [4.78, 5) is 8.53. The second-order valence-electron chi connectivity index (χ2n) is 4.81. The van der Waals surface area contributed by atoms with E-state index >= 15 is 0 Å². The van der Waals surface area contributed by atoms with Crippen LogP contribution in [0.1, 0.15) is 35.9 Å². The van der Waals surface area contributed by atoms with Crippen molar-refractivity contribution >= 4 is 16.5 Å². The summed E-state index contributed by atoms with van der Waals surface area (Å²) in [5.74, 6) is 0.